The van der Waals surface area contributed by atoms with Crippen molar-refractivity contribution in [3.05, 3.63) is 70.8 Å². The number of hydrogen-bond acceptors (Lipinski definition) is 1. The van der Waals surface area contributed by atoms with Gasteiger partial charge in [-0.1, -0.05) is 56.9 Å². The summed E-state index contributed by atoms with van der Waals surface area (Å²) < 4.78 is 101. The Kier molecular flexibility index (Phi) is 9.09. The molecule has 0 N–H and O–H groups in total. The zero-order chi connectivity index (χ0) is 27.4. The maximum absolute atomic E-state index is 14.6. The fourth-order valence-corrected chi connectivity index (χ4v) is 6.22. The lowest BCUT2D eigenvalue weighted by molar-refractivity contribution is -0.156. The topological polar surface area (TPSA) is 9.23 Å². The lowest BCUT2D eigenvalue weighted by Gasteiger charge is -2.38. The molecule has 2 aliphatic rings. The maximum Gasteiger partial charge on any atom is 0.457 e. The van der Waals surface area contributed by atoms with Crippen molar-refractivity contribution in [1.29, 1.82) is 0 Å². The lowest BCUT2D eigenvalue weighted by atomic mass is 9.68. The van der Waals surface area contributed by atoms with Crippen molar-refractivity contribution in [1.82, 2.24) is 0 Å². The molecule has 0 atom stereocenters. The second-order valence-electron chi connectivity index (χ2n) is 10.8. The van der Waals surface area contributed by atoms with Crippen LogP contribution in [0.25, 0.3) is 5.83 Å². The second kappa shape index (κ2) is 12.1. The van der Waals surface area contributed by atoms with Crippen LogP contribution in [-0.4, -0.2) is 6.11 Å². The van der Waals surface area contributed by atoms with Crippen molar-refractivity contribution in [3.8, 4) is 5.75 Å². The van der Waals surface area contributed by atoms with Gasteiger partial charge in [0.2, 0.25) is 5.83 Å². The van der Waals surface area contributed by atoms with Crippen LogP contribution in [0.2, 0.25) is 0 Å². The van der Waals surface area contributed by atoms with Gasteiger partial charge in [0, 0.05) is 17.7 Å². The van der Waals surface area contributed by atoms with Crippen molar-refractivity contribution >= 4 is 5.83 Å². The minimum atomic E-state index is -4.87. The third kappa shape index (κ3) is 6.55. The van der Waals surface area contributed by atoms with E-state index in [1.165, 1.54) is 50.7 Å². The van der Waals surface area contributed by atoms with Gasteiger partial charge in [-0.15, -0.1) is 0 Å². The standard InChI is InChI=1S/C30H33F7O/c1-2-3-18-4-6-19(7-5-18)20-8-10-21(11-9-20)22-12-14-23(15-13-22)27(33)29(35)30(36,37)38-24-16-25(31)28(34)26(32)17-24/h12-21H,2-11H2,1H3/b29-27+. The second-order valence-corrected chi connectivity index (χ2v) is 10.8. The van der Waals surface area contributed by atoms with Crippen LogP contribution < -0.4 is 4.74 Å². The summed E-state index contributed by atoms with van der Waals surface area (Å²) in [6, 6.07) is 5.95. The number of rotatable bonds is 8. The van der Waals surface area contributed by atoms with Gasteiger partial charge >= 0.3 is 6.11 Å². The Morgan fingerprint density at radius 1 is 0.816 bits per heavy atom. The molecule has 0 aliphatic heterocycles. The monoisotopic (exact) mass is 542 g/mol. The summed E-state index contributed by atoms with van der Waals surface area (Å²) in [5, 5.41) is 0. The lowest BCUT2D eigenvalue weighted by Crippen LogP contribution is -2.26. The van der Waals surface area contributed by atoms with Crippen LogP contribution in [-0.2, 0) is 0 Å². The highest BCUT2D eigenvalue weighted by Gasteiger charge is 2.42. The zero-order valence-corrected chi connectivity index (χ0v) is 21.4. The van der Waals surface area contributed by atoms with Gasteiger partial charge in [-0.3, -0.25) is 0 Å². The molecule has 0 amide bonds. The van der Waals surface area contributed by atoms with Crippen LogP contribution in [0.4, 0.5) is 30.7 Å². The highest BCUT2D eigenvalue weighted by molar-refractivity contribution is 5.62. The third-order valence-electron chi connectivity index (χ3n) is 8.31. The number of ether oxygens (including phenoxy) is 1. The molecule has 1 nitrogen and oxygen atoms in total. The highest BCUT2D eigenvalue weighted by atomic mass is 19.3. The Bertz CT molecular complexity index is 1090. The predicted octanol–water partition coefficient (Wildman–Crippen LogP) is 10.3. The van der Waals surface area contributed by atoms with E-state index in [9.17, 15) is 30.7 Å². The molecule has 0 radical (unpaired) electrons. The first-order valence-electron chi connectivity index (χ1n) is 13.5. The average molecular weight is 543 g/mol. The van der Waals surface area contributed by atoms with Crippen molar-refractivity contribution in [2.45, 2.75) is 83.2 Å². The summed E-state index contributed by atoms with van der Waals surface area (Å²) in [6.45, 7) is 2.24. The van der Waals surface area contributed by atoms with Crippen molar-refractivity contribution in [2.24, 2.45) is 17.8 Å². The van der Waals surface area contributed by atoms with Gasteiger partial charge < -0.3 is 4.74 Å². The van der Waals surface area contributed by atoms with Crippen molar-refractivity contribution < 1.29 is 35.5 Å². The summed E-state index contributed by atoms with van der Waals surface area (Å²) in [5.74, 6) is -8.41. The number of halogens is 7. The number of hydrogen-bond donors (Lipinski definition) is 0. The smallest absolute Gasteiger partial charge is 0.427 e. The molecule has 0 bridgehead atoms. The normalized spacial score (nSPS) is 25.2. The number of alkyl halides is 2. The van der Waals surface area contributed by atoms with E-state index >= 15 is 0 Å². The molecule has 2 aromatic rings. The van der Waals surface area contributed by atoms with E-state index in [4.69, 9.17) is 0 Å². The van der Waals surface area contributed by atoms with E-state index in [1.807, 2.05) is 0 Å². The summed E-state index contributed by atoms with van der Waals surface area (Å²) in [7, 11) is 0. The van der Waals surface area contributed by atoms with Gasteiger partial charge in [0.25, 0.3) is 0 Å². The van der Waals surface area contributed by atoms with Crippen LogP contribution in [0.5, 0.6) is 5.75 Å². The fourth-order valence-electron chi connectivity index (χ4n) is 6.22. The molecular weight excluding hydrogens is 509 g/mol. The van der Waals surface area contributed by atoms with Gasteiger partial charge in [-0.25, -0.2) is 17.6 Å². The molecule has 2 aromatic carbocycles. The first-order valence-corrected chi connectivity index (χ1v) is 13.5. The van der Waals surface area contributed by atoms with Gasteiger partial charge in [-0.2, -0.15) is 13.2 Å². The summed E-state index contributed by atoms with van der Waals surface area (Å²) in [6.07, 6.45) is 7.26. The van der Waals surface area contributed by atoms with Crippen molar-refractivity contribution in [3.63, 3.8) is 0 Å². The minimum absolute atomic E-state index is 0.123. The predicted molar refractivity (Wildman–Crippen MR) is 133 cm³/mol. The molecule has 0 spiro atoms. The Labute approximate surface area is 219 Å². The van der Waals surface area contributed by atoms with Crippen LogP contribution in [0, 0.1) is 35.2 Å². The molecule has 2 fully saturated rings. The molecule has 0 saturated heterocycles. The first-order chi connectivity index (χ1) is 18.1. The largest absolute Gasteiger partial charge is 0.457 e. The van der Waals surface area contributed by atoms with E-state index in [0.717, 1.165) is 49.0 Å². The highest BCUT2D eigenvalue weighted by Crippen LogP contribution is 2.45. The van der Waals surface area contributed by atoms with Gasteiger partial charge in [-0.05, 0) is 67.8 Å². The van der Waals surface area contributed by atoms with Crippen LogP contribution in [0.1, 0.15) is 88.2 Å². The fraction of sp³-hybridized carbons (Fsp3) is 0.533. The van der Waals surface area contributed by atoms with Gasteiger partial charge in [0.05, 0.1) is 0 Å². The van der Waals surface area contributed by atoms with Gasteiger partial charge in [0.15, 0.2) is 23.3 Å². The SMILES string of the molecule is CCCC1CCC(C2CCC(c3ccc(/C(F)=C(\F)C(F)(F)Oc4cc(F)c(F)c(F)c4)cc3)CC2)CC1. The Morgan fingerprint density at radius 2 is 1.34 bits per heavy atom. The zero-order valence-electron chi connectivity index (χ0n) is 21.4. The molecule has 4 rings (SSSR count). The molecule has 0 heterocycles. The summed E-state index contributed by atoms with van der Waals surface area (Å²) >= 11 is 0. The molecule has 38 heavy (non-hydrogen) atoms. The van der Waals surface area contributed by atoms with E-state index in [-0.39, 0.29) is 18.1 Å². The summed E-state index contributed by atoms with van der Waals surface area (Å²) in [5.41, 5.74) is 0.538. The summed E-state index contributed by atoms with van der Waals surface area (Å²) in [4.78, 5) is 0. The Balaban J connectivity index is 1.36. The molecule has 0 unspecified atom stereocenters. The quantitative estimate of drug-likeness (QED) is 0.238. The average Bonchev–Trinajstić information content (AvgIpc) is 2.91. The molecule has 0 aromatic heterocycles. The van der Waals surface area contributed by atoms with Crippen LogP contribution in [0.3, 0.4) is 0 Å². The van der Waals surface area contributed by atoms with E-state index in [1.54, 1.807) is 12.1 Å². The first kappa shape index (κ1) is 28.5. The minimum Gasteiger partial charge on any atom is -0.427 e. The van der Waals surface area contributed by atoms with Gasteiger partial charge in [0.1, 0.15) is 5.75 Å². The molecule has 8 heteroatoms. The third-order valence-corrected chi connectivity index (χ3v) is 8.31. The molecular formula is C30H33F7O. The van der Waals surface area contributed by atoms with Crippen molar-refractivity contribution in [2.75, 3.05) is 0 Å². The van der Waals surface area contributed by atoms with E-state index < -0.39 is 46.5 Å². The maximum atomic E-state index is 14.6. The van der Waals surface area contributed by atoms with Crippen LogP contribution >= 0.6 is 0 Å². The molecule has 2 aliphatic carbocycles. The molecule has 208 valence electrons. The molecule has 2 saturated carbocycles. The van der Waals surface area contributed by atoms with E-state index in [2.05, 4.69) is 11.7 Å². The Hall–Kier alpha value is -2.51. The number of benzene rings is 2. The van der Waals surface area contributed by atoms with Crippen LogP contribution in [0.15, 0.2) is 42.2 Å². The van der Waals surface area contributed by atoms with E-state index in [0.29, 0.717) is 0 Å². The Morgan fingerprint density at radius 3 is 1.87 bits per heavy atom.